The first-order chi connectivity index (χ1) is 12.0. The van der Waals surface area contributed by atoms with Crippen LogP contribution in [0.2, 0.25) is 0 Å². The fourth-order valence-corrected chi connectivity index (χ4v) is 3.78. The third-order valence-corrected chi connectivity index (χ3v) is 5.02. The molecule has 3 rings (SSSR count). The molecule has 0 spiro atoms. The van der Waals surface area contributed by atoms with E-state index in [2.05, 4.69) is 44.0 Å². The van der Waals surface area contributed by atoms with Crippen LogP contribution in [-0.4, -0.2) is 42.3 Å². The van der Waals surface area contributed by atoms with Crippen LogP contribution in [0.3, 0.4) is 0 Å². The van der Waals surface area contributed by atoms with Crippen LogP contribution in [0.5, 0.6) is 0 Å². The Morgan fingerprint density at radius 2 is 1.88 bits per heavy atom. The number of para-hydroxylation sites is 1. The summed E-state index contributed by atoms with van der Waals surface area (Å²) < 4.78 is 0. The fraction of sp³-hybridized carbons (Fsp3) is 0.381. The normalized spacial score (nSPS) is 17.6. The number of aryl methyl sites for hydroxylation is 2. The second-order valence-corrected chi connectivity index (χ2v) is 7.06. The van der Waals surface area contributed by atoms with Gasteiger partial charge in [0.1, 0.15) is 0 Å². The van der Waals surface area contributed by atoms with E-state index >= 15 is 0 Å². The van der Waals surface area contributed by atoms with E-state index in [0.717, 1.165) is 36.2 Å². The lowest BCUT2D eigenvalue weighted by molar-refractivity contribution is 0.198. The summed E-state index contributed by atoms with van der Waals surface area (Å²) in [6.07, 6.45) is 1.29. The number of amides is 1. The van der Waals surface area contributed by atoms with Crippen molar-refractivity contribution in [1.29, 1.82) is 0 Å². The predicted molar refractivity (Wildman–Crippen MR) is 102 cm³/mol. The van der Waals surface area contributed by atoms with Crippen LogP contribution in [0.15, 0.2) is 42.5 Å². The largest absolute Gasteiger partial charge is 0.465 e. The highest BCUT2D eigenvalue weighted by Gasteiger charge is 2.27. The standard InChI is InChI=1S/C21H26N2O2/c1-15-11-16(2)13-17(12-15)19-8-4-5-9-20(19)23(21(24)25)14-18-7-6-10-22(18)3/h4-5,8-9,11-13,18H,6-7,10,14H2,1-3H3,(H,24,25)/t18-/m1/s1. The molecule has 1 saturated heterocycles. The van der Waals surface area contributed by atoms with Gasteiger partial charge < -0.3 is 10.0 Å². The number of hydrogen-bond acceptors (Lipinski definition) is 2. The Morgan fingerprint density at radius 1 is 1.20 bits per heavy atom. The van der Waals surface area contributed by atoms with Gasteiger partial charge in [-0.15, -0.1) is 0 Å². The van der Waals surface area contributed by atoms with Crippen molar-refractivity contribution >= 4 is 11.8 Å². The summed E-state index contributed by atoms with van der Waals surface area (Å²) in [6.45, 7) is 5.69. The lowest BCUT2D eigenvalue weighted by atomic mass is 9.98. The summed E-state index contributed by atoms with van der Waals surface area (Å²) in [5, 5.41) is 9.86. The van der Waals surface area contributed by atoms with Gasteiger partial charge in [-0.1, -0.05) is 47.5 Å². The van der Waals surface area contributed by atoms with Crippen molar-refractivity contribution < 1.29 is 9.90 Å². The maximum Gasteiger partial charge on any atom is 0.411 e. The van der Waals surface area contributed by atoms with Gasteiger partial charge in [0, 0.05) is 18.2 Å². The number of likely N-dealkylation sites (N-methyl/N-ethyl adjacent to an activating group) is 1. The Balaban J connectivity index is 2.01. The predicted octanol–water partition coefficient (Wildman–Crippen LogP) is 4.55. The molecule has 1 N–H and O–H groups in total. The second-order valence-electron chi connectivity index (χ2n) is 7.06. The maximum absolute atomic E-state index is 12.0. The monoisotopic (exact) mass is 338 g/mol. The average molecular weight is 338 g/mol. The molecule has 1 aliphatic rings. The minimum atomic E-state index is -0.892. The van der Waals surface area contributed by atoms with Gasteiger partial charge >= 0.3 is 6.09 Å². The maximum atomic E-state index is 12.0. The van der Waals surface area contributed by atoms with Crippen molar-refractivity contribution in [3.8, 4) is 11.1 Å². The SMILES string of the molecule is Cc1cc(C)cc(-c2ccccc2N(C[C@H]2CCCN2C)C(=O)O)c1. The van der Waals surface area contributed by atoms with Gasteiger partial charge in [0.2, 0.25) is 0 Å². The molecular weight excluding hydrogens is 312 g/mol. The number of nitrogens with zero attached hydrogens (tertiary/aromatic N) is 2. The number of carbonyl (C=O) groups is 1. The van der Waals surface area contributed by atoms with E-state index in [1.54, 1.807) is 0 Å². The Hall–Kier alpha value is -2.33. The molecule has 4 heteroatoms. The van der Waals surface area contributed by atoms with Crippen LogP contribution in [0, 0.1) is 13.8 Å². The zero-order valence-electron chi connectivity index (χ0n) is 15.2. The van der Waals surface area contributed by atoms with Crippen molar-refractivity contribution in [2.45, 2.75) is 32.7 Å². The first-order valence-electron chi connectivity index (χ1n) is 8.84. The molecular formula is C21H26N2O2. The minimum absolute atomic E-state index is 0.281. The quantitative estimate of drug-likeness (QED) is 0.889. The second kappa shape index (κ2) is 7.28. The van der Waals surface area contributed by atoms with Crippen LogP contribution in [0.4, 0.5) is 10.5 Å². The van der Waals surface area contributed by atoms with Gasteiger partial charge in [0.05, 0.1) is 5.69 Å². The van der Waals surface area contributed by atoms with Crippen molar-refractivity contribution in [1.82, 2.24) is 4.90 Å². The Bertz CT molecular complexity index is 752. The first kappa shape index (κ1) is 17.5. The minimum Gasteiger partial charge on any atom is -0.465 e. The van der Waals surface area contributed by atoms with Gasteiger partial charge in [-0.3, -0.25) is 4.90 Å². The van der Waals surface area contributed by atoms with E-state index in [1.807, 2.05) is 24.3 Å². The van der Waals surface area contributed by atoms with Gasteiger partial charge in [-0.2, -0.15) is 0 Å². The molecule has 1 fully saturated rings. The summed E-state index contributed by atoms with van der Waals surface area (Å²) in [5.74, 6) is 0. The number of benzene rings is 2. The van der Waals surface area contributed by atoms with Crippen molar-refractivity contribution in [3.05, 3.63) is 53.6 Å². The third kappa shape index (κ3) is 3.85. The van der Waals surface area contributed by atoms with Crippen molar-refractivity contribution in [2.24, 2.45) is 0 Å². The number of hydrogen-bond donors (Lipinski definition) is 1. The molecule has 1 atom stereocenters. The molecule has 4 nitrogen and oxygen atoms in total. The van der Waals surface area contributed by atoms with Crippen LogP contribution in [0.25, 0.3) is 11.1 Å². The molecule has 0 aliphatic carbocycles. The number of rotatable bonds is 4. The highest BCUT2D eigenvalue weighted by Crippen LogP contribution is 2.33. The van der Waals surface area contributed by atoms with Gasteiger partial charge in [0.25, 0.3) is 0 Å². The summed E-state index contributed by atoms with van der Waals surface area (Å²) in [5.41, 5.74) is 5.17. The molecule has 1 heterocycles. The molecule has 1 amide bonds. The lowest BCUT2D eigenvalue weighted by Crippen LogP contribution is -2.41. The van der Waals surface area contributed by atoms with Crippen molar-refractivity contribution in [3.63, 3.8) is 0 Å². The summed E-state index contributed by atoms with van der Waals surface area (Å²) >= 11 is 0. The van der Waals surface area contributed by atoms with E-state index in [0.29, 0.717) is 6.54 Å². The van der Waals surface area contributed by atoms with Gasteiger partial charge in [-0.25, -0.2) is 4.79 Å². The Morgan fingerprint density at radius 3 is 2.48 bits per heavy atom. The van der Waals surface area contributed by atoms with E-state index in [9.17, 15) is 9.90 Å². The molecule has 2 aromatic carbocycles. The first-order valence-corrected chi connectivity index (χ1v) is 8.84. The van der Waals surface area contributed by atoms with E-state index < -0.39 is 6.09 Å². The van der Waals surface area contributed by atoms with Crippen LogP contribution < -0.4 is 4.90 Å². The molecule has 0 bridgehead atoms. The molecule has 25 heavy (non-hydrogen) atoms. The summed E-state index contributed by atoms with van der Waals surface area (Å²) in [4.78, 5) is 15.8. The number of likely N-dealkylation sites (tertiary alicyclic amines) is 1. The van der Waals surface area contributed by atoms with Gasteiger partial charge in [-0.05, 0) is 51.9 Å². The van der Waals surface area contributed by atoms with Crippen LogP contribution >= 0.6 is 0 Å². The van der Waals surface area contributed by atoms with E-state index in [4.69, 9.17) is 0 Å². The molecule has 0 radical (unpaired) electrons. The number of anilines is 1. The fourth-order valence-electron chi connectivity index (χ4n) is 3.78. The van der Waals surface area contributed by atoms with E-state index in [-0.39, 0.29) is 6.04 Å². The molecule has 1 aliphatic heterocycles. The molecule has 2 aromatic rings. The molecule has 132 valence electrons. The Kier molecular flexibility index (Phi) is 5.09. The molecule has 0 unspecified atom stereocenters. The topological polar surface area (TPSA) is 43.8 Å². The summed E-state index contributed by atoms with van der Waals surface area (Å²) in [7, 11) is 2.08. The third-order valence-electron chi connectivity index (χ3n) is 5.02. The smallest absolute Gasteiger partial charge is 0.411 e. The molecule has 0 saturated carbocycles. The van der Waals surface area contributed by atoms with Crippen molar-refractivity contribution in [2.75, 3.05) is 25.0 Å². The zero-order chi connectivity index (χ0) is 18.0. The summed E-state index contributed by atoms with van der Waals surface area (Å²) in [6, 6.07) is 14.5. The van der Waals surface area contributed by atoms with Gasteiger partial charge in [0.15, 0.2) is 0 Å². The Labute approximate surface area is 149 Å². The lowest BCUT2D eigenvalue weighted by Gasteiger charge is -2.28. The van der Waals surface area contributed by atoms with Crippen LogP contribution in [-0.2, 0) is 0 Å². The highest BCUT2D eigenvalue weighted by atomic mass is 16.4. The van der Waals surface area contributed by atoms with E-state index in [1.165, 1.54) is 16.0 Å². The number of carboxylic acid groups (broad SMARTS) is 1. The highest BCUT2D eigenvalue weighted by molar-refractivity contribution is 5.93. The average Bonchev–Trinajstić information content (AvgIpc) is 2.96. The zero-order valence-corrected chi connectivity index (χ0v) is 15.2. The van der Waals surface area contributed by atoms with Crippen LogP contribution in [0.1, 0.15) is 24.0 Å². The molecule has 0 aromatic heterocycles.